The predicted octanol–water partition coefficient (Wildman–Crippen LogP) is 1.46. The van der Waals surface area contributed by atoms with Crippen molar-refractivity contribution in [2.45, 2.75) is 31.7 Å². The minimum absolute atomic E-state index is 0.161. The zero-order chi connectivity index (χ0) is 14.1. The number of thiophene rings is 1. The minimum Gasteiger partial charge on any atom is -0.481 e. The van der Waals surface area contributed by atoms with Crippen LogP contribution < -0.4 is 5.32 Å². The summed E-state index contributed by atoms with van der Waals surface area (Å²) >= 11 is 1.64. The van der Waals surface area contributed by atoms with Crippen LogP contribution in [-0.4, -0.2) is 36.2 Å². The number of fused-ring (bicyclic) bond motifs is 1. The average Bonchev–Trinajstić information content (AvgIpc) is 3.04. The van der Waals surface area contributed by atoms with Gasteiger partial charge in [0, 0.05) is 10.3 Å². The zero-order valence-electron chi connectivity index (χ0n) is 11.1. The Morgan fingerprint density at radius 2 is 2.10 bits per heavy atom. The molecule has 2 N–H and O–H groups in total. The van der Waals surface area contributed by atoms with Gasteiger partial charge < -0.3 is 15.2 Å². The standard InChI is InChI=1S/C14H17NO4S/c16-13(15-11-6-19-5-9(11)14(17)18)10-7-20-12-4-2-1-3-8(10)12/h7,9,11H,1-6H2,(H,15,16)(H,17,18). The summed E-state index contributed by atoms with van der Waals surface area (Å²) in [7, 11) is 0. The first-order valence-corrected chi connectivity index (χ1v) is 7.75. The molecule has 1 saturated heterocycles. The number of amides is 1. The average molecular weight is 295 g/mol. The molecule has 1 aliphatic carbocycles. The van der Waals surface area contributed by atoms with Crippen molar-refractivity contribution in [2.75, 3.05) is 13.2 Å². The molecule has 0 aromatic carbocycles. The molecule has 20 heavy (non-hydrogen) atoms. The SMILES string of the molecule is O=C(NC1COCC1C(=O)O)c1csc2c1CCCC2. The fourth-order valence-corrected chi connectivity index (χ4v) is 4.00. The van der Waals surface area contributed by atoms with Crippen molar-refractivity contribution in [1.29, 1.82) is 0 Å². The van der Waals surface area contributed by atoms with E-state index in [1.54, 1.807) is 11.3 Å². The van der Waals surface area contributed by atoms with Gasteiger partial charge in [-0.15, -0.1) is 11.3 Å². The third-order valence-electron chi connectivity index (χ3n) is 4.02. The maximum atomic E-state index is 12.3. The van der Waals surface area contributed by atoms with E-state index in [0.717, 1.165) is 30.4 Å². The molecule has 3 rings (SSSR count). The van der Waals surface area contributed by atoms with E-state index < -0.39 is 17.9 Å². The largest absolute Gasteiger partial charge is 0.481 e. The molecule has 0 spiro atoms. The summed E-state index contributed by atoms with van der Waals surface area (Å²) in [5.41, 5.74) is 1.88. The smallest absolute Gasteiger partial charge is 0.311 e. The topological polar surface area (TPSA) is 75.6 Å². The van der Waals surface area contributed by atoms with Crippen molar-refractivity contribution in [3.8, 4) is 0 Å². The van der Waals surface area contributed by atoms with Gasteiger partial charge >= 0.3 is 5.97 Å². The van der Waals surface area contributed by atoms with Crippen LogP contribution in [0.4, 0.5) is 0 Å². The molecule has 2 aliphatic rings. The summed E-state index contributed by atoms with van der Waals surface area (Å²) < 4.78 is 5.17. The first-order valence-electron chi connectivity index (χ1n) is 6.87. The highest BCUT2D eigenvalue weighted by atomic mass is 32.1. The van der Waals surface area contributed by atoms with E-state index >= 15 is 0 Å². The van der Waals surface area contributed by atoms with Crippen LogP contribution in [0.15, 0.2) is 5.38 Å². The first-order chi connectivity index (χ1) is 9.66. The van der Waals surface area contributed by atoms with Gasteiger partial charge in [-0.2, -0.15) is 0 Å². The highest BCUT2D eigenvalue weighted by molar-refractivity contribution is 7.10. The Labute approximate surface area is 120 Å². The van der Waals surface area contributed by atoms with E-state index in [0.29, 0.717) is 0 Å². The maximum absolute atomic E-state index is 12.3. The fourth-order valence-electron chi connectivity index (χ4n) is 2.87. The summed E-state index contributed by atoms with van der Waals surface area (Å²) in [6, 6.07) is -0.431. The normalized spacial score (nSPS) is 25.2. The zero-order valence-corrected chi connectivity index (χ0v) is 11.9. The molecule has 108 valence electrons. The second-order valence-corrected chi connectivity index (χ2v) is 6.28. The Kier molecular flexibility index (Phi) is 3.76. The van der Waals surface area contributed by atoms with Gasteiger partial charge in [0.2, 0.25) is 0 Å². The quantitative estimate of drug-likeness (QED) is 0.885. The molecule has 0 bridgehead atoms. The van der Waals surface area contributed by atoms with Gasteiger partial charge in [-0.3, -0.25) is 9.59 Å². The number of carboxylic acid groups (broad SMARTS) is 1. The van der Waals surface area contributed by atoms with Gasteiger partial charge in [0.25, 0.3) is 5.91 Å². The lowest BCUT2D eigenvalue weighted by Gasteiger charge is -2.17. The van der Waals surface area contributed by atoms with Gasteiger partial charge in [-0.25, -0.2) is 0 Å². The molecule has 2 unspecified atom stereocenters. The molecular formula is C14H17NO4S. The number of aryl methyl sites for hydroxylation is 1. The lowest BCUT2D eigenvalue weighted by Crippen LogP contribution is -2.42. The van der Waals surface area contributed by atoms with Crippen molar-refractivity contribution in [2.24, 2.45) is 5.92 Å². The molecule has 1 aromatic heterocycles. The fraction of sp³-hybridized carbons (Fsp3) is 0.571. The van der Waals surface area contributed by atoms with E-state index in [1.807, 2.05) is 5.38 Å². The third-order valence-corrected chi connectivity index (χ3v) is 5.11. The Balaban J connectivity index is 1.73. The number of rotatable bonds is 3. The lowest BCUT2D eigenvalue weighted by molar-refractivity contribution is -0.142. The van der Waals surface area contributed by atoms with Gasteiger partial charge in [0.05, 0.1) is 24.8 Å². The summed E-state index contributed by atoms with van der Waals surface area (Å²) in [5, 5.41) is 13.8. The van der Waals surface area contributed by atoms with Gasteiger partial charge in [-0.1, -0.05) is 0 Å². The number of carbonyl (C=O) groups is 2. The third kappa shape index (κ3) is 2.45. The summed E-state index contributed by atoms with van der Waals surface area (Å²) in [5.74, 6) is -1.72. The van der Waals surface area contributed by atoms with Crippen molar-refractivity contribution < 1.29 is 19.4 Å². The van der Waals surface area contributed by atoms with Crippen LogP contribution in [0.5, 0.6) is 0 Å². The van der Waals surface area contributed by atoms with Crippen LogP contribution in [0, 0.1) is 5.92 Å². The molecule has 2 atom stereocenters. The lowest BCUT2D eigenvalue weighted by atomic mass is 9.95. The van der Waals surface area contributed by atoms with Crippen LogP contribution in [-0.2, 0) is 22.4 Å². The number of carboxylic acids is 1. The second kappa shape index (κ2) is 5.54. The Morgan fingerprint density at radius 1 is 1.30 bits per heavy atom. The van der Waals surface area contributed by atoms with E-state index in [1.165, 1.54) is 11.3 Å². The van der Waals surface area contributed by atoms with Crippen LogP contribution in [0.3, 0.4) is 0 Å². The molecule has 2 heterocycles. The second-order valence-electron chi connectivity index (χ2n) is 5.32. The molecule has 1 fully saturated rings. The maximum Gasteiger partial charge on any atom is 0.311 e. The molecule has 0 saturated carbocycles. The number of ether oxygens (including phenoxy) is 1. The summed E-state index contributed by atoms with van der Waals surface area (Å²) in [6.45, 7) is 0.442. The monoisotopic (exact) mass is 295 g/mol. The van der Waals surface area contributed by atoms with Crippen molar-refractivity contribution in [1.82, 2.24) is 5.32 Å². The highest BCUT2D eigenvalue weighted by Gasteiger charge is 2.35. The highest BCUT2D eigenvalue weighted by Crippen LogP contribution is 2.30. The van der Waals surface area contributed by atoms with E-state index in [-0.39, 0.29) is 19.1 Å². The minimum atomic E-state index is -0.917. The van der Waals surface area contributed by atoms with E-state index in [4.69, 9.17) is 9.84 Å². The van der Waals surface area contributed by atoms with E-state index in [2.05, 4.69) is 5.32 Å². The van der Waals surface area contributed by atoms with Crippen LogP contribution in [0.2, 0.25) is 0 Å². The van der Waals surface area contributed by atoms with Gasteiger partial charge in [0.15, 0.2) is 0 Å². The van der Waals surface area contributed by atoms with Crippen LogP contribution in [0.25, 0.3) is 0 Å². The van der Waals surface area contributed by atoms with Crippen LogP contribution >= 0.6 is 11.3 Å². The molecule has 0 radical (unpaired) electrons. The molecule has 1 amide bonds. The van der Waals surface area contributed by atoms with Gasteiger partial charge in [0.1, 0.15) is 5.92 Å². The number of carbonyl (C=O) groups excluding carboxylic acids is 1. The van der Waals surface area contributed by atoms with Crippen LogP contribution in [0.1, 0.15) is 33.6 Å². The van der Waals surface area contributed by atoms with Crippen molar-refractivity contribution in [3.63, 3.8) is 0 Å². The number of aliphatic carboxylic acids is 1. The van der Waals surface area contributed by atoms with Gasteiger partial charge in [-0.05, 0) is 31.2 Å². The molecule has 1 aliphatic heterocycles. The number of nitrogens with one attached hydrogen (secondary N) is 1. The number of hydrogen-bond acceptors (Lipinski definition) is 4. The predicted molar refractivity (Wildman–Crippen MR) is 74.2 cm³/mol. The van der Waals surface area contributed by atoms with Crippen molar-refractivity contribution in [3.05, 3.63) is 21.4 Å². The van der Waals surface area contributed by atoms with E-state index in [9.17, 15) is 9.59 Å². The Bertz CT molecular complexity index is 539. The van der Waals surface area contributed by atoms with Crippen molar-refractivity contribution >= 4 is 23.2 Å². The summed E-state index contributed by atoms with van der Waals surface area (Å²) in [4.78, 5) is 24.7. The molecule has 1 aromatic rings. The first kappa shape index (κ1) is 13.6. The molecule has 5 nitrogen and oxygen atoms in total. The molecular weight excluding hydrogens is 278 g/mol. The number of hydrogen-bond donors (Lipinski definition) is 2. The Hall–Kier alpha value is -1.40. The molecule has 6 heteroatoms. The summed E-state index contributed by atoms with van der Waals surface area (Å²) in [6.07, 6.45) is 4.31. The Morgan fingerprint density at radius 3 is 2.90 bits per heavy atom.